The summed E-state index contributed by atoms with van der Waals surface area (Å²) < 4.78 is 6.48. The molecular formula is C15H24BrNO3. The lowest BCUT2D eigenvalue weighted by Gasteiger charge is -2.23. The number of hydrogen-bond donors (Lipinski definition) is 3. The molecule has 3 N–H and O–H groups in total. The van der Waals surface area contributed by atoms with Crippen molar-refractivity contribution >= 4 is 15.9 Å². The number of benzene rings is 1. The zero-order valence-corrected chi connectivity index (χ0v) is 13.6. The lowest BCUT2D eigenvalue weighted by atomic mass is 10.0. The predicted molar refractivity (Wildman–Crippen MR) is 84.0 cm³/mol. The summed E-state index contributed by atoms with van der Waals surface area (Å²) in [5.41, 5.74) is 0. The maximum absolute atomic E-state index is 9.92. The summed E-state index contributed by atoms with van der Waals surface area (Å²) >= 11 is 3.37. The average Bonchev–Trinajstić information content (AvgIpc) is 2.41. The molecule has 2 unspecified atom stereocenters. The summed E-state index contributed by atoms with van der Waals surface area (Å²) in [7, 11) is 0. The Balaban J connectivity index is 2.30. The quantitative estimate of drug-likeness (QED) is 0.642. The second kappa shape index (κ2) is 9.34. The Hall–Kier alpha value is -0.620. The van der Waals surface area contributed by atoms with Gasteiger partial charge in [-0.3, -0.25) is 0 Å². The highest BCUT2D eigenvalue weighted by molar-refractivity contribution is 9.10. The van der Waals surface area contributed by atoms with Crippen molar-refractivity contribution in [3.8, 4) is 5.75 Å². The molecule has 5 heteroatoms. The third-order valence-electron chi connectivity index (χ3n) is 3.10. The first-order valence-electron chi connectivity index (χ1n) is 6.93. The Morgan fingerprint density at radius 3 is 2.70 bits per heavy atom. The molecule has 1 rings (SSSR count). The van der Waals surface area contributed by atoms with Crippen molar-refractivity contribution in [2.75, 3.05) is 19.8 Å². The minimum atomic E-state index is -0.575. The molecule has 0 saturated heterocycles. The van der Waals surface area contributed by atoms with Gasteiger partial charge in [0, 0.05) is 23.7 Å². The number of hydrogen-bond acceptors (Lipinski definition) is 4. The highest BCUT2D eigenvalue weighted by Gasteiger charge is 2.14. The van der Waals surface area contributed by atoms with Gasteiger partial charge in [-0.05, 0) is 30.5 Å². The number of rotatable bonds is 9. The molecule has 114 valence electrons. The van der Waals surface area contributed by atoms with E-state index >= 15 is 0 Å². The van der Waals surface area contributed by atoms with E-state index in [9.17, 15) is 5.11 Å². The van der Waals surface area contributed by atoms with Gasteiger partial charge in [-0.25, -0.2) is 0 Å². The molecular weight excluding hydrogens is 322 g/mol. The molecule has 2 atom stereocenters. The van der Waals surface area contributed by atoms with Gasteiger partial charge in [-0.2, -0.15) is 0 Å². The monoisotopic (exact) mass is 345 g/mol. The van der Waals surface area contributed by atoms with Crippen molar-refractivity contribution in [3.63, 3.8) is 0 Å². The van der Waals surface area contributed by atoms with Gasteiger partial charge in [0.05, 0.1) is 0 Å². The lowest BCUT2D eigenvalue weighted by molar-refractivity contribution is 0.0995. The summed E-state index contributed by atoms with van der Waals surface area (Å²) in [6.07, 6.45) is 0.116. The fraction of sp³-hybridized carbons (Fsp3) is 0.600. The largest absolute Gasteiger partial charge is 0.491 e. The van der Waals surface area contributed by atoms with Crippen LogP contribution in [0.4, 0.5) is 0 Å². The topological polar surface area (TPSA) is 61.7 Å². The second-order valence-corrected chi connectivity index (χ2v) is 6.11. The molecule has 0 aliphatic rings. The Bertz CT molecular complexity index is 387. The van der Waals surface area contributed by atoms with Gasteiger partial charge >= 0.3 is 0 Å². The zero-order valence-electron chi connectivity index (χ0n) is 12.1. The van der Waals surface area contributed by atoms with Gasteiger partial charge in [0.25, 0.3) is 0 Å². The van der Waals surface area contributed by atoms with Crippen molar-refractivity contribution in [1.82, 2.24) is 5.32 Å². The highest BCUT2D eigenvalue weighted by atomic mass is 79.9. The first-order chi connectivity index (χ1) is 9.52. The standard InChI is InChI=1S/C15H24BrNO3/c1-11(2)15(6-7-18)17-9-13(19)10-20-14-5-3-4-12(16)8-14/h3-5,8,11,13,15,17-19H,6-7,9-10H2,1-2H3. The van der Waals surface area contributed by atoms with Crippen LogP contribution in [0.3, 0.4) is 0 Å². The summed E-state index contributed by atoms with van der Waals surface area (Å²) in [5, 5.41) is 22.2. The van der Waals surface area contributed by atoms with Crippen molar-refractivity contribution < 1.29 is 14.9 Å². The van der Waals surface area contributed by atoms with Gasteiger partial charge < -0.3 is 20.3 Å². The van der Waals surface area contributed by atoms with Crippen molar-refractivity contribution in [3.05, 3.63) is 28.7 Å². The molecule has 1 aromatic rings. The Morgan fingerprint density at radius 1 is 1.35 bits per heavy atom. The SMILES string of the molecule is CC(C)C(CCO)NCC(O)COc1cccc(Br)c1. The number of aliphatic hydroxyl groups excluding tert-OH is 2. The molecule has 0 aliphatic carbocycles. The van der Waals surface area contributed by atoms with E-state index in [0.717, 1.165) is 10.2 Å². The van der Waals surface area contributed by atoms with Crippen LogP contribution in [0.15, 0.2) is 28.7 Å². The summed E-state index contributed by atoms with van der Waals surface area (Å²) in [4.78, 5) is 0. The molecule has 0 aromatic heterocycles. The number of aliphatic hydroxyl groups is 2. The van der Waals surface area contributed by atoms with E-state index in [2.05, 4.69) is 35.1 Å². The van der Waals surface area contributed by atoms with Crippen LogP contribution < -0.4 is 10.1 Å². The fourth-order valence-corrected chi connectivity index (χ4v) is 2.28. The van der Waals surface area contributed by atoms with Gasteiger partial charge in [0.15, 0.2) is 0 Å². The Morgan fingerprint density at radius 2 is 2.10 bits per heavy atom. The molecule has 0 fully saturated rings. The van der Waals surface area contributed by atoms with E-state index in [4.69, 9.17) is 9.84 Å². The highest BCUT2D eigenvalue weighted by Crippen LogP contribution is 2.17. The van der Waals surface area contributed by atoms with Gasteiger partial charge in [-0.1, -0.05) is 35.8 Å². The molecule has 0 heterocycles. The normalized spacial score (nSPS) is 14.3. The van der Waals surface area contributed by atoms with Gasteiger partial charge in [-0.15, -0.1) is 0 Å². The zero-order chi connectivity index (χ0) is 15.0. The molecule has 20 heavy (non-hydrogen) atoms. The maximum Gasteiger partial charge on any atom is 0.120 e. The molecule has 4 nitrogen and oxygen atoms in total. The molecule has 0 aliphatic heterocycles. The van der Waals surface area contributed by atoms with Crippen LogP contribution >= 0.6 is 15.9 Å². The summed E-state index contributed by atoms with van der Waals surface area (Å²) in [6.45, 7) is 5.04. The predicted octanol–water partition coefficient (Wildman–Crippen LogP) is 2.19. The van der Waals surface area contributed by atoms with Crippen LogP contribution in [0.5, 0.6) is 5.75 Å². The van der Waals surface area contributed by atoms with Crippen LogP contribution in [0, 0.1) is 5.92 Å². The van der Waals surface area contributed by atoms with Crippen LogP contribution in [0.1, 0.15) is 20.3 Å². The smallest absolute Gasteiger partial charge is 0.120 e. The molecule has 0 spiro atoms. The van der Waals surface area contributed by atoms with Crippen LogP contribution in [0.25, 0.3) is 0 Å². The van der Waals surface area contributed by atoms with Crippen LogP contribution in [-0.4, -0.2) is 42.1 Å². The average molecular weight is 346 g/mol. The minimum Gasteiger partial charge on any atom is -0.491 e. The molecule has 1 aromatic carbocycles. The maximum atomic E-state index is 9.92. The Kier molecular flexibility index (Phi) is 8.14. The van der Waals surface area contributed by atoms with Crippen molar-refractivity contribution in [2.24, 2.45) is 5.92 Å². The van der Waals surface area contributed by atoms with E-state index in [1.54, 1.807) is 0 Å². The van der Waals surface area contributed by atoms with Gasteiger partial charge in [0.2, 0.25) is 0 Å². The van der Waals surface area contributed by atoms with Crippen LogP contribution in [-0.2, 0) is 0 Å². The van der Waals surface area contributed by atoms with E-state index in [1.165, 1.54) is 0 Å². The summed E-state index contributed by atoms with van der Waals surface area (Å²) in [5.74, 6) is 1.15. The van der Waals surface area contributed by atoms with Crippen molar-refractivity contribution in [1.29, 1.82) is 0 Å². The minimum absolute atomic E-state index is 0.153. The third kappa shape index (κ3) is 6.70. The van der Waals surface area contributed by atoms with Crippen molar-refractivity contribution in [2.45, 2.75) is 32.4 Å². The third-order valence-corrected chi connectivity index (χ3v) is 3.59. The number of ether oxygens (including phenoxy) is 1. The van der Waals surface area contributed by atoms with E-state index in [1.807, 2.05) is 24.3 Å². The van der Waals surface area contributed by atoms with Gasteiger partial charge in [0.1, 0.15) is 18.5 Å². The van der Waals surface area contributed by atoms with E-state index in [0.29, 0.717) is 18.9 Å². The van der Waals surface area contributed by atoms with E-state index in [-0.39, 0.29) is 19.3 Å². The van der Waals surface area contributed by atoms with Crippen LogP contribution in [0.2, 0.25) is 0 Å². The summed E-state index contributed by atoms with van der Waals surface area (Å²) in [6, 6.07) is 7.74. The molecule has 0 radical (unpaired) electrons. The molecule has 0 amide bonds. The Labute approximate surface area is 129 Å². The number of halogens is 1. The molecule has 0 saturated carbocycles. The fourth-order valence-electron chi connectivity index (χ4n) is 1.91. The number of nitrogens with one attached hydrogen (secondary N) is 1. The van der Waals surface area contributed by atoms with E-state index < -0.39 is 6.10 Å². The second-order valence-electron chi connectivity index (χ2n) is 5.19. The first-order valence-corrected chi connectivity index (χ1v) is 7.73. The molecule has 0 bridgehead atoms. The lowest BCUT2D eigenvalue weighted by Crippen LogP contribution is -2.41. The first kappa shape index (κ1) is 17.4.